The molecule has 0 aliphatic rings. The Bertz CT molecular complexity index is 789. The summed E-state index contributed by atoms with van der Waals surface area (Å²) in [5, 5.41) is 3.92. The number of imidazole rings is 1. The van der Waals surface area contributed by atoms with E-state index in [1.54, 1.807) is 6.07 Å². The summed E-state index contributed by atoms with van der Waals surface area (Å²) < 4.78 is 20.9. The van der Waals surface area contributed by atoms with Crippen LogP contribution in [-0.2, 0) is 6.54 Å². The lowest BCUT2D eigenvalue weighted by atomic mass is 10.2. The van der Waals surface area contributed by atoms with Gasteiger partial charge < -0.3 is 14.8 Å². The second kappa shape index (κ2) is 4.59. The minimum absolute atomic E-state index is 0.331. The van der Waals surface area contributed by atoms with Crippen LogP contribution in [0.1, 0.15) is 17.0 Å². The highest BCUT2D eigenvalue weighted by Gasteiger charge is 2.15. The van der Waals surface area contributed by atoms with Crippen molar-refractivity contribution in [3.05, 3.63) is 39.4 Å². The molecule has 0 atom stereocenters. The van der Waals surface area contributed by atoms with Gasteiger partial charge in [0.1, 0.15) is 11.6 Å². The van der Waals surface area contributed by atoms with Crippen LogP contribution in [0.3, 0.4) is 0 Å². The Morgan fingerprint density at radius 1 is 1.40 bits per heavy atom. The fraction of sp³-hybridized carbons (Fsp3) is 0.231. The second-order valence-corrected chi connectivity index (χ2v) is 5.47. The van der Waals surface area contributed by atoms with Crippen LogP contribution in [0.5, 0.6) is 0 Å². The number of hydrogen-bond acceptors (Lipinski definition) is 4. The topological polar surface area (TPSA) is 69.9 Å². The number of benzene rings is 1. The van der Waals surface area contributed by atoms with Gasteiger partial charge in [0.15, 0.2) is 0 Å². The van der Waals surface area contributed by atoms with Crippen LogP contribution in [0.2, 0.25) is 0 Å². The van der Waals surface area contributed by atoms with Crippen molar-refractivity contribution in [3.63, 3.8) is 0 Å². The molecule has 0 aliphatic carbocycles. The van der Waals surface area contributed by atoms with Crippen molar-refractivity contribution in [1.29, 1.82) is 0 Å². The Morgan fingerprint density at radius 2 is 2.15 bits per heavy atom. The number of aromatic nitrogens is 3. The molecule has 7 heteroatoms. The molecule has 3 aromatic rings. The number of fused-ring (bicyclic) bond motifs is 1. The molecule has 0 fully saturated rings. The first-order valence-electron chi connectivity index (χ1n) is 6.00. The first-order chi connectivity index (χ1) is 9.47. The van der Waals surface area contributed by atoms with Gasteiger partial charge in [-0.3, -0.25) is 0 Å². The smallest absolute Gasteiger partial charge is 0.201 e. The van der Waals surface area contributed by atoms with Gasteiger partial charge in [-0.2, -0.15) is 0 Å². The third-order valence-electron chi connectivity index (χ3n) is 3.32. The molecule has 0 unspecified atom stereocenters. The second-order valence-electron chi connectivity index (χ2n) is 4.61. The van der Waals surface area contributed by atoms with E-state index in [2.05, 4.69) is 26.1 Å². The molecule has 2 heterocycles. The lowest BCUT2D eigenvalue weighted by Gasteiger charge is -2.06. The van der Waals surface area contributed by atoms with Crippen molar-refractivity contribution in [2.45, 2.75) is 20.4 Å². The lowest BCUT2D eigenvalue weighted by molar-refractivity contribution is 0.392. The normalized spacial score (nSPS) is 11.4. The van der Waals surface area contributed by atoms with E-state index in [4.69, 9.17) is 10.3 Å². The highest BCUT2D eigenvalue weighted by atomic mass is 79.9. The molecule has 2 N–H and O–H groups in total. The lowest BCUT2D eigenvalue weighted by Crippen LogP contribution is -2.06. The molecular formula is C13H12BrFN4O. The summed E-state index contributed by atoms with van der Waals surface area (Å²) in [7, 11) is 0. The molecule has 0 saturated heterocycles. The Hall–Kier alpha value is -1.89. The van der Waals surface area contributed by atoms with Gasteiger partial charge in [-0.1, -0.05) is 5.16 Å². The Balaban J connectivity index is 2.16. The van der Waals surface area contributed by atoms with Crippen molar-refractivity contribution in [2.24, 2.45) is 0 Å². The standard InChI is InChI=1S/C13H12BrFN4O/c1-6-8(7(2)20-18-6)5-19-12-3-9(14)10(15)4-11(12)17-13(19)16/h3-4H,5H2,1-2H3,(H2,16,17). The van der Waals surface area contributed by atoms with Gasteiger partial charge >= 0.3 is 0 Å². The number of halogens is 2. The molecule has 0 aliphatic heterocycles. The number of nitrogen functional groups attached to an aromatic ring is 1. The largest absolute Gasteiger partial charge is 0.369 e. The highest BCUT2D eigenvalue weighted by molar-refractivity contribution is 9.10. The molecule has 0 amide bonds. The van der Waals surface area contributed by atoms with Crippen LogP contribution in [0, 0.1) is 19.7 Å². The maximum Gasteiger partial charge on any atom is 0.201 e. The minimum Gasteiger partial charge on any atom is -0.369 e. The molecule has 1 aromatic carbocycles. The van der Waals surface area contributed by atoms with Gasteiger partial charge in [-0.05, 0) is 35.8 Å². The summed E-state index contributed by atoms with van der Waals surface area (Å²) in [6, 6.07) is 3.03. The monoisotopic (exact) mass is 338 g/mol. The SMILES string of the molecule is Cc1noc(C)c1Cn1c(N)nc2cc(F)c(Br)cc21. The van der Waals surface area contributed by atoms with Crippen molar-refractivity contribution >= 4 is 32.9 Å². The van der Waals surface area contributed by atoms with Crippen LogP contribution in [0.4, 0.5) is 10.3 Å². The summed E-state index contributed by atoms with van der Waals surface area (Å²) in [5.74, 6) is 0.710. The predicted octanol–water partition coefficient (Wildman–Crippen LogP) is 3.17. The van der Waals surface area contributed by atoms with E-state index in [0.717, 1.165) is 22.5 Å². The van der Waals surface area contributed by atoms with E-state index in [1.807, 2.05) is 18.4 Å². The number of anilines is 1. The first-order valence-corrected chi connectivity index (χ1v) is 6.79. The molecule has 0 saturated carbocycles. The maximum absolute atomic E-state index is 13.5. The average Bonchev–Trinajstić information content (AvgIpc) is 2.85. The quantitative estimate of drug-likeness (QED) is 0.779. The molecule has 104 valence electrons. The Labute approximate surface area is 122 Å². The molecule has 0 bridgehead atoms. The fourth-order valence-electron chi connectivity index (χ4n) is 2.19. The third-order valence-corrected chi connectivity index (χ3v) is 3.92. The van der Waals surface area contributed by atoms with Crippen LogP contribution < -0.4 is 5.73 Å². The van der Waals surface area contributed by atoms with E-state index in [0.29, 0.717) is 22.5 Å². The summed E-state index contributed by atoms with van der Waals surface area (Å²) in [6.07, 6.45) is 0. The van der Waals surface area contributed by atoms with E-state index >= 15 is 0 Å². The number of aryl methyl sites for hydroxylation is 2. The van der Waals surface area contributed by atoms with Gasteiger partial charge in [0, 0.05) is 11.6 Å². The van der Waals surface area contributed by atoms with Gasteiger partial charge in [0.05, 0.1) is 27.7 Å². The predicted molar refractivity (Wildman–Crippen MR) is 76.9 cm³/mol. The molecular weight excluding hydrogens is 327 g/mol. The van der Waals surface area contributed by atoms with Crippen molar-refractivity contribution in [2.75, 3.05) is 5.73 Å². The van der Waals surface area contributed by atoms with E-state index in [1.165, 1.54) is 6.07 Å². The molecule has 0 radical (unpaired) electrons. The summed E-state index contributed by atoms with van der Waals surface area (Å²) >= 11 is 3.18. The Morgan fingerprint density at radius 3 is 2.80 bits per heavy atom. The molecule has 3 rings (SSSR count). The third kappa shape index (κ3) is 1.98. The maximum atomic E-state index is 13.5. The first kappa shape index (κ1) is 13.1. The molecule has 2 aromatic heterocycles. The van der Waals surface area contributed by atoms with E-state index < -0.39 is 0 Å². The highest BCUT2D eigenvalue weighted by Crippen LogP contribution is 2.26. The molecule has 5 nitrogen and oxygen atoms in total. The van der Waals surface area contributed by atoms with Crippen molar-refractivity contribution in [1.82, 2.24) is 14.7 Å². The van der Waals surface area contributed by atoms with Gasteiger partial charge in [0.25, 0.3) is 0 Å². The van der Waals surface area contributed by atoms with Crippen molar-refractivity contribution < 1.29 is 8.91 Å². The number of nitrogens with zero attached hydrogens (tertiary/aromatic N) is 3. The average molecular weight is 339 g/mol. The number of hydrogen-bond donors (Lipinski definition) is 1. The zero-order chi connectivity index (χ0) is 14.4. The van der Waals surface area contributed by atoms with Crippen LogP contribution >= 0.6 is 15.9 Å². The Kier molecular flexibility index (Phi) is 3.01. The zero-order valence-corrected chi connectivity index (χ0v) is 12.5. The van der Waals surface area contributed by atoms with Gasteiger partial charge in [-0.15, -0.1) is 0 Å². The van der Waals surface area contributed by atoms with Crippen molar-refractivity contribution in [3.8, 4) is 0 Å². The van der Waals surface area contributed by atoms with E-state index in [-0.39, 0.29) is 5.82 Å². The van der Waals surface area contributed by atoms with Crippen LogP contribution in [0.15, 0.2) is 21.1 Å². The number of rotatable bonds is 2. The van der Waals surface area contributed by atoms with E-state index in [9.17, 15) is 4.39 Å². The molecule has 20 heavy (non-hydrogen) atoms. The van der Waals surface area contributed by atoms with Crippen LogP contribution in [-0.4, -0.2) is 14.7 Å². The number of nitrogens with two attached hydrogens (primary N) is 1. The summed E-state index contributed by atoms with van der Waals surface area (Å²) in [5.41, 5.74) is 8.98. The summed E-state index contributed by atoms with van der Waals surface area (Å²) in [4.78, 5) is 4.18. The molecule has 0 spiro atoms. The zero-order valence-electron chi connectivity index (χ0n) is 10.9. The fourth-order valence-corrected chi connectivity index (χ4v) is 2.52. The summed E-state index contributed by atoms with van der Waals surface area (Å²) in [6.45, 7) is 4.21. The van der Waals surface area contributed by atoms with Gasteiger partial charge in [0.2, 0.25) is 5.95 Å². The van der Waals surface area contributed by atoms with Crippen LogP contribution in [0.25, 0.3) is 11.0 Å². The van der Waals surface area contributed by atoms with Gasteiger partial charge in [-0.25, -0.2) is 9.37 Å². The minimum atomic E-state index is -0.362.